The van der Waals surface area contributed by atoms with Gasteiger partial charge in [0.05, 0.1) is 77.0 Å². The lowest BCUT2D eigenvalue weighted by Gasteiger charge is -2.38. The molecule has 3 fully saturated rings. The number of anilines is 6. The van der Waals surface area contributed by atoms with E-state index in [4.69, 9.17) is 30.4 Å². The van der Waals surface area contributed by atoms with Gasteiger partial charge in [-0.25, -0.2) is 80.4 Å². The summed E-state index contributed by atoms with van der Waals surface area (Å²) in [6, 6.07) is 28.2. The highest BCUT2D eigenvalue weighted by molar-refractivity contribution is 6.22. The Balaban J connectivity index is 0.000000135. The summed E-state index contributed by atoms with van der Waals surface area (Å²) >= 11 is 0. The van der Waals surface area contributed by atoms with Crippen molar-refractivity contribution in [2.45, 2.75) is 147 Å². The summed E-state index contributed by atoms with van der Waals surface area (Å²) in [7, 11) is 4.40. The van der Waals surface area contributed by atoms with Crippen molar-refractivity contribution in [1.82, 2.24) is 89.6 Å². The number of alkyl halides is 2. The molecule has 6 aliphatic rings. The predicted octanol–water partition coefficient (Wildman–Crippen LogP) is 9.08. The normalized spacial score (nSPS) is 18.4. The number of aromatic amines is 1. The molecule has 18 rings (SSSR count). The summed E-state index contributed by atoms with van der Waals surface area (Å²) in [4.78, 5) is 135. The third-order valence-corrected chi connectivity index (χ3v) is 23.2. The number of rotatable bonds is 25. The van der Waals surface area contributed by atoms with E-state index in [1.165, 1.54) is 97.4 Å². The van der Waals surface area contributed by atoms with Crippen molar-refractivity contribution in [2.24, 2.45) is 5.92 Å². The third kappa shape index (κ3) is 18.3. The molecule has 8 aromatic heterocycles. The summed E-state index contributed by atoms with van der Waals surface area (Å²) in [5.41, 5.74) is 10.2. The molecular formula is C88H87F7N24O14. The molecule has 45 heteroatoms. The predicted molar refractivity (Wildman–Crippen MR) is 462 cm³/mol. The number of nitrogens with two attached hydrogens (primary N) is 2. The molecule has 38 nitrogen and oxygen atoms in total. The maximum Gasteiger partial charge on any atom is 0.388 e. The molecule has 2 saturated carbocycles. The summed E-state index contributed by atoms with van der Waals surface area (Å²) in [6.07, 6.45) is 5.66. The minimum absolute atomic E-state index is 0.00409. The van der Waals surface area contributed by atoms with Crippen LogP contribution in [0.15, 0.2) is 126 Å². The van der Waals surface area contributed by atoms with Crippen LogP contribution < -0.4 is 67.5 Å². The number of halogens is 7. The molecule has 1 saturated heterocycles. The van der Waals surface area contributed by atoms with Gasteiger partial charge in [-0.2, -0.15) is 29.2 Å². The van der Waals surface area contributed by atoms with E-state index in [9.17, 15) is 74.2 Å². The summed E-state index contributed by atoms with van der Waals surface area (Å²) in [6.45, 7) is 6.86. The van der Waals surface area contributed by atoms with Crippen molar-refractivity contribution in [3.8, 4) is 69.6 Å². The van der Waals surface area contributed by atoms with Gasteiger partial charge in [-0.1, -0.05) is 79.7 Å². The van der Waals surface area contributed by atoms with E-state index in [2.05, 4.69) is 91.6 Å². The molecule has 4 aromatic carbocycles. The van der Waals surface area contributed by atoms with Crippen LogP contribution in [0.25, 0.3) is 46.1 Å². The van der Waals surface area contributed by atoms with Crippen LogP contribution in [0.1, 0.15) is 118 Å². The SMILES string of the molecule is CCOC(=O)C1(C)C(=O)Nc2nc(-c3nn(Cc4ccccc4F)c(OC)c3C)nc(N)c21.COc1cc(-c2nc(N)c3c(n2)NC(=O)C3(C)C(=O)NC2CC2)nn1Cc1ccccc1F.COc1cc(-c2nc3c(c(=O)[nH]2)C(C)(C(=O)NC2CC2)C(=O)N3)nn1Cc1ccccc1F.C[C@H]1CCCN(c2nc(-c3cc(OC(F)F)n(Cc4ccccc4F)n3)ncc2F)[C@H]1C(=O)O. The fraction of sp³-hybridized carbons (Fsp3) is 0.330. The molecule has 12 heterocycles. The van der Waals surface area contributed by atoms with Crippen LogP contribution in [0.2, 0.25) is 0 Å². The second-order valence-electron chi connectivity index (χ2n) is 32.2. The molecule has 0 spiro atoms. The second kappa shape index (κ2) is 37.4. The number of aliphatic carboxylic acids is 1. The monoisotopic (exact) mass is 1840 g/mol. The number of amides is 5. The summed E-state index contributed by atoms with van der Waals surface area (Å²) < 4.78 is 128. The molecule has 0 bridgehead atoms. The highest BCUT2D eigenvalue weighted by Crippen LogP contribution is 2.46. The minimum Gasteiger partial charge on any atom is -0.481 e. The van der Waals surface area contributed by atoms with Gasteiger partial charge in [-0.3, -0.25) is 33.6 Å². The van der Waals surface area contributed by atoms with Crippen molar-refractivity contribution in [1.29, 1.82) is 0 Å². The number of esters is 1. The Labute approximate surface area is 750 Å². The van der Waals surface area contributed by atoms with E-state index >= 15 is 0 Å². The molecule has 4 aliphatic heterocycles. The Bertz CT molecular complexity index is 6660. The molecule has 5 atom stereocenters. The fourth-order valence-electron chi connectivity index (χ4n) is 15.7. The van der Waals surface area contributed by atoms with Gasteiger partial charge in [0.2, 0.25) is 53.1 Å². The highest BCUT2D eigenvalue weighted by Gasteiger charge is 2.56. The number of hydrogen-bond acceptors (Lipinski definition) is 27. The van der Waals surface area contributed by atoms with Gasteiger partial charge in [0, 0.05) is 64.6 Å². The topological polar surface area (TPSA) is 496 Å². The zero-order chi connectivity index (χ0) is 95.0. The molecule has 2 aliphatic carbocycles. The average Bonchev–Trinajstić information content (AvgIpc) is 1.59. The molecule has 11 N–H and O–H groups in total. The zero-order valence-electron chi connectivity index (χ0n) is 72.6. The number of H-pyrrole nitrogens is 1. The van der Waals surface area contributed by atoms with E-state index in [0.717, 1.165) is 42.6 Å². The Morgan fingerprint density at radius 2 is 0.977 bits per heavy atom. The fourth-order valence-corrected chi connectivity index (χ4v) is 15.7. The van der Waals surface area contributed by atoms with Gasteiger partial charge >= 0.3 is 18.6 Å². The van der Waals surface area contributed by atoms with E-state index in [-0.39, 0.29) is 173 Å². The quantitative estimate of drug-likeness (QED) is 0.0146. The van der Waals surface area contributed by atoms with Crippen molar-refractivity contribution in [2.75, 3.05) is 66.8 Å². The second-order valence-corrected chi connectivity index (χ2v) is 32.2. The van der Waals surface area contributed by atoms with Crippen molar-refractivity contribution in [3.05, 3.63) is 205 Å². The van der Waals surface area contributed by atoms with E-state index < -0.39 is 87.6 Å². The van der Waals surface area contributed by atoms with Gasteiger partial charge in [0.25, 0.3) is 5.56 Å². The first kappa shape index (κ1) is 92.0. The van der Waals surface area contributed by atoms with Gasteiger partial charge in [-0.05, 0) is 103 Å². The van der Waals surface area contributed by atoms with Crippen LogP contribution in [-0.2, 0) is 80.7 Å². The number of ether oxygens (including phenoxy) is 5. The third-order valence-electron chi connectivity index (χ3n) is 23.2. The summed E-state index contributed by atoms with van der Waals surface area (Å²) in [5.74, 6) is -6.28. The number of carbonyl (C=O) groups is 7. The molecular weight excluding hydrogens is 1750 g/mol. The highest BCUT2D eigenvalue weighted by atomic mass is 19.3. The first-order valence-corrected chi connectivity index (χ1v) is 41.7. The van der Waals surface area contributed by atoms with Crippen LogP contribution in [0.3, 0.4) is 0 Å². The van der Waals surface area contributed by atoms with Crippen LogP contribution in [0.4, 0.5) is 65.6 Å². The zero-order valence-corrected chi connectivity index (χ0v) is 72.6. The van der Waals surface area contributed by atoms with E-state index in [1.54, 1.807) is 93.6 Å². The number of methoxy groups -OCH3 is 3. The summed E-state index contributed by atoms with van der Waals surface area (Å²) in [5, 5.41) is 40.6. The number of nitrogen functional groups attached to an aromatic ring is 2. The lowest BCUT2D eigenvalue weighted by Crippen LogP contribution is -2.50. The molecule has 0 radical (unpaired) electrons. The number of carboxylic acids is 1. The van der Waals surface area contributed by atoms with E-state index in [0.29, 0.717) is 64.1 Å². The van der Waals surface area contributed by atoms with Gasteiger partial charge < -0.3 is 76.7 Å². The van der Waals surface area contributed by atoms with E-state index in [1.807, 2.05) is 0 Å². The Kier molecular flexibility index (Phi) is 25.8. The van der Waals surface area contributed by atoms with Gasteiger partial charge in [-0.15, -0.1) is 0 Å². The Morgan fingerprint density at radius 1 is 0.541 bits per heavy atom. The van der Waals surface area contributed by atoms with Gasteiger partial charge in [0.1, 0.15) is 81.2 Å². The first-order chi connectivity index (χ1) is 63.6. The number of hydrogen-bond donors (Lipinski definition) is 9. The number of piperidine rings is 1. The van der Waals surface area contributed by atoms with Crippen LogP contribution in [0, 0.1) is 41.9 Å². The number of fused-ring (bicyclic) bond motifs is 3. The number of nitrogens with one attached hydrogen (secondary N) is 6. The lowest BCUT2D eigenvalue weighted by atomic mass is 9.83. The van der Waals surface area contributed by atoms with Crippen molar-refractivity contribution < 1.29 is 93.1 Å². The van der Waals surface area contributed by atoms with Crippen LogP contribution in [0.5, 0.6) is 23.5 Å². The van der Waals surface area contributed by atoms with Crippen LogP contribution in [-0.4, -0.2) is 185 Å². The molecule has 692 valence electrons. The number of benzene rings is 4. The minimum atomic E-state index is -3.17. The maximum atomic E-state index is 14.7. The largest absolute Gasteiger partial charge is 0.481 e. The Hall–Kier alpha value is -15.8. The Morgan fingerprint density at radius 3 is 1.46 bits per heavy atom. The maximum absolute atomic E-state index is 14.7. The first-order valence-electron chi connectivity index (χ1n) is 41.7. The number of carboxylic acid groups (broad SMARTS) is 1. The number of nitrogens with zero attached hydrogens (tertiary/aromatic N) is 16. The van der Waals surface area contributed by atoms with Crippen LogP contribution >= 0.6 is 0 Å². The van der Waals surface area contributed by atoms with Crippen molar-refractivity contribution in [3.63, 3.8) is 0 Å². The number of carbonyl (C=O) groups excluding carboxylic acids is 6. The molecule has 3 unspecified atom stereocenters. The smallest absolute Gasteiger partial charge is 0.388 e. The van der Waals surface area contributed by atoms with Gasteiger partial charge in [0.15, 0.2) is 51.2 Å². The molecule has 5 amide bonds. The average molecular weight is 1840 g/mol. The lowest BCUT2D eigenvalue weighted by molar-refractivity contribution is -0.152. The molecule has 12 aromatic rings. The number of aromatic nitrogens is 16. The van der Waals surface area contributed by atoms with Crippen molar-refractivity contribution >= 4 is 76.4 Å². The molecule has 133 heavy (non-hydrogen) atoms. The standard InChI is InChI=1S/C22H21F4N5O3.C22H22FN7O3.C22H21FN6O4.C22H23FN6O4/c1-12-5-4-8-30(18(12)21(32)33)20-15(24)10-27-19(28-20)16-9-17(34-22(25)26)31(29-16)11-13-6-2-3-7-14(13)23;1-22(20(31)25-12-7-8-12)16-17(24)26-18(27-19(16)28-21(22)32)14-9-15(33-2)30(29-14)10-11-5-3-4-6-13(11)23;1-22(20(31)24-12-7-8-12)16-18(27-21(22)32)25-17(26-19(16)30)14-9-15(33-2)29(28-14)10-11-5-3-4-6-13(11)23;1-5-33-21(31)22(3)14-16(24)25-18(26-17(14)27-20(22)30)15-11(2)19(32-4)29(28-15)10-12-8-6-7-9-13(12)23/h2-3,6-7,9-10,12,18,22H,4-5,8,11H2,1H3,(H,32,33);3-6,9,12H,7-8,10H2,1-2H3,(H,25,31)(H3,24,26,27,28,32);3-6,9,12H,7-8,10H2,1-2H3,(H,24,31)(H2,25,26,27,30,32);6-9H,5,10H2,1-4H3,(H3,24,25,26,27,30)/t12-,18+;;;/m0.../s1.